The van der Waals surface area contributed by atoms with Crippen LogP contribution in [0.2, 0.25) is 0 Å². The van der Waals surface area contributed by atoms with Crippen molar-refractivity contribution in [1.82, 2.24) is 4.90 Å². The molecule has 1 unspecified atom stereocenters. The highest BCUT2D eigenvalue weighted by molar-refractivity contribution is 6.05. The predicted octanol–water partition coefficient (Wildman–Crippen LogP) is 2.78. The fraction of sp³-hybridized carbons (Fsp3) is 0.706. The number of nitrogens with one attached hydrogen (secondary N) is 1. The number of anilines is 1. The summed E-state index contributed by atoms with van der Waals surface area (Å²) >= 11 is 0. The van der Waals surface area contributed by atoms with Gasteiger partial charge in [-0.25, -0.2) is 4.79 Å². The van der Waals surface area contributed by atoms with Crippen molar-refractivity contribution < 1.29 is 38.7 Å². The minimum absolute atomic E-state index is 0.0517. The normalized spacial score (nSPS) is 46.7. The maximum Gasteiger partial charge on any atom is 0.340 e. The third kappa shape index (κ3) is 3.53. The lowest BCUT2D eigenvalue weighted by Gasteiger charge is -2.70. The third-order valence-corrected chi connectivity index (χ3v) is 12.9. The van der Waals surface area contributed by atoms with Gasteiger partial charge in [-0.15, -0.1) is 0 Å². The number of piperidine rings is 1. The molecular weight excluding hydrogens is 564 g/mol. The summed E-state index contributed by atoms with van der Waals surface area (Å²) < 4.78 is 25.1. The van der Waals surface area contributed by atoms with Crippen LogP contribution in [-0.4, -0.2) is 103 Å². The topological polar surface area (TPSA) is 127 Å². The quantitative estimate of drug-likeness (QED) is 0.301. The molecule has 12 atom stereocenters. The van der Waals surface area contributed by atoms with E-state index in [1.165, 1.54) is 6.08 Å². The second-order valence-electron chi connectivity index (χ2n) is 14.0. The highest BCUT2D eigenvalue weighted by Gasteiger charge is 2.89. The van der Waals surface area contributed by atoms with E-state index in [1.54, 1.807) is 58.6 Å². The molecule has 6 aliphatic rings. The number of aliphatic hydroxyl groups is 2. The first kappa shape index (κ1) is 30.3. The largest absolute Gasteiger partial charge is 0.454 e. The maximum absolute atomic E-state index is 14.2. The first-order valence-electron chi connectivity index (χ1n) is 16.1. The number of fused-ring (bicyclic) bond motifs is 2. The van der Waals surface area contributed by atoms with Gasteiger partial charge in [-0.2, -0.15) is 0 Å². The van der Waals surface area contributed by atoms with Gasteiger partial charge in [0.05, 0.1) is 29.6 Å². The minimum atomic E-state index is -1.48. The van der Waals surface area contributed by atoms with Crippen molar-refractivity contribution in [2.24, 2.45) is 29.1 Å². The van der Waals surface area contributed by atoms with E-state index in [2.05, 4.69) is 17.1 Å². The lowest BCUT2D eigenvalue weighted by molar-refractivity contribution is -0.337. The summed E-state index contributed by atoms with van der Waals surface area (Å²) in [6, 6.07) is 6.88. The predicted molar refractivity (Wildman–Crippen MR) is 161 cm³/mol. The van der Waals surface area contributed by atoms with Crippen LogP contribution in [0.1, 0.15) is 56.3 Å². The van der Waals surface area contributed by atoms with E-state index in [0.717, 1.165) is 0 Å². The molecular formula is C34H46N2O8. The summed E-state index contributed by atoms with van der Waals surface area (Å²) in [4.78, 5) is 29.0. The Morgan fingerprint density at radius 1 is 1.09 bits per heavy atom. The molecule has 10 heteroatoms. The molecule has 44 heavy (non-hydrogen) atoms. The van der Waals surface area contributed by atoms with E-state index >= 15 is 0 Å². The second-order valence-corrected chi connectivity index (χ2v) is 14.0. The van der Waals surface area contributed by atoms with Gasteiger partial charge in [0.2, 0.25) is 5.91 Å². The summed E-state index contributed by atoms with van der Waals surface area (Å²) in [6.07, 6.45) is 4.91. The number of para-hydroxylation sites is 1. The SMILES string of the molecule is C/C=C/C(=O)Nc1ccccc1C(=O)O[C@@]12CC[C@H](OC)[C@]34C([C@H](C[C@H]13)[C@@]1(O)C[C@H](OC)[C@H]3C[C@@H]4[C@]1(O)[C@H]3OC)N(CC)C2. The number of esters is 1. The molecule has 7 bridgehead atoms. The van der Waals surface area contributed by atoms with Gasteiger partial charge in [-0.3, -0.25) is 9.69 Å². The average molecular weight is 611 g/mol. The lowest BCUT2D eigenvalue weighted by Crippen LogP contribution is -2.83. The van der Waals surface area contributed by atoms with Crippen LogP contribution in [-0.2, 0) is 23.7 Å². The Labute approximate surface area is 259 Å². The molecule has 7 rings (SSSR count). The molecule has 10 nitrogen and oxygen atoms in total. The van der Waals surface area contributed by atoms with Crippen LogP contribution < -0.4 is 5.32 Å². The molecule has 5 aliphatic carbocycles. The number of methoxy groups -OCH3 is 3. The van der Waals surface area contributed by atoms with Crippen LogP contribution >= 0.6 is 0 Å². The van der Waals surface area contributed by atoms with Gasteiger partial charge >= 0.3 is 5.97 Å². The highest BCUT2D eigenvalue weighted by atomic mass is 16.6. The Kier molecular flexibility index (Phi) is 7.12. The molecule has 240 valence electrons. The van der Waals surface area contributed by atoms with Gasteiger partial charge in [-0.05, 0) is 57.4 Å². The number of benzene rings is 1. The Hall–Kier alpha value is -2.34. The van der Waals surface area contributed by atoms with Crippen molar-refractivity contribution in [2.75, 3.05) is 39.7 Å². The van der Waals surface area contributed by atoms with Crippen LogP contribution in [0.3, 0.4) is 0 Å². The van der Waals surface area contributed by atoms with Crippen LogP contribution in [0.25, 0.3) is 0 Å². The summed E-state index contributed by atoms with van der Waals surface area (Å²) in [5, 5.41) is 28.6. The third-order valence-electron chi connectivity index (χ3n) is 12.9. The van der Waals surface area contributed by atoms with Gasteiger partial charge in [0.25, 0.3) is 0 Å². The zero-order valence-electron chi connectivity index (χ0n) is 26.3. The van der Waals surface area contributed by atoms with Gasteiger partial charge in [0, 0.05) is 69.4 Å². The molecule has 1 aromatic rings. The van der Waals surface area contributed by atoms with Crippen molar-refractivity contribution in [3.8, 4) is 0 Å². The number of likely N-dealkylation sites (N-methyl/N-ethyl adjacent to an activating group) is 1. The van der Waals surface area contributed by atoms with Crippen LogP contribution in [0.15, 0.2) is 36.4 Å². The number of allylic oxidation sites excluding steroid dienone is 1. The van der Waals surface area contributed by atoms with E-state index in [0.29, 0.717) is 56.4 Å². The minimum Gasteiger partial charge on any atom is -0.454 e. The second kappa shape index (κ2) is 10.3. The fourth-order valence-electron chi connectivity index (χ4n) is 11.7. The van der Waals surface area contributed by atoms with Gasteiger partial charge in [0.15, 0.2) is 0 Å². The Morgan fingerprint density at radius 3 is 2.55 bits per heavy atom. The van der Waals surface area contributed by atoms with Crippen molar-refractivity contribution in [3.05, 3.63) is 42.0 Å². The van der Waals surface area contributed by atoms with Gasteiger partial charge in [0.1, 0.15) is 16.8 Å². The molecule has 1 heterocycles. The van der Waals surface area contributed by atoms with Crippen molar-refractivity contribution >= 4 is 17.6 Å². The van der Waals surface area contributed by atoms with E-state index < -0.39 is 34.3 Å². The van der Waals surface area contributed by atoms with E-state index in [9.17, 15) is 19.8 Å². The number of rotatable bonds is 8. The standard InChI is InChI=1S/C34H46N2O8/c1-6-10-27(37)35-22-12-9-8-11-19(22)30(38)44-31-14-13-26(42-4)33-24(31)16-21(28(33)36(7-2)18-31)32(39)17-23(41-3)20-15-25(33)34(32,40)29(20)43-5/h6,8-12,20-21,23-26,28-29,39-40H,7,13-18H2,1-5H3,(H,35,37)/b10-6+/t20-,21+,23+,24-,25+,26+,28?,29+,31-,32+,33+,34+/m1/s1. The molecule has 6 fully saturated rings. The van der Waals surface area contributed by atoms with Crippen molar-refractivity contribution in [2.45, 2.75) is 87.1 Å². The zero-order chi connectivity index (χ0) is 31.2. The fourth-order valence-corrected chi connectivity index (χ4v) is 11.7. The number of likely N-dealkylation sites (tertiary alicyclic amines) is 1. The average Bonchev–Trinajstić information content (AvgIpc) is 3.44. The number of nitrogens with zero attached hydrogens (tertiary/aromatic N) is 1. The maximum atomic E-state index is 14.2. The number of carbonyl (C=O) groups is 2. The first-order chi connectivity index (χ1) is 21.1. The molecule has 1 aliphatic heterocycles. The Morgan fingerprint density at radius 2 is 1.86 bits per heavy atom. The van der Waals surface area contributed by atoms with Crippen LogP contribution in [0, 0.1) is 29.1 Å². The number of hydrogen-bond donors (Lipinski definition) is 3. The monoisotopic (exact) mass is 610 g/mol. The van der Waals surface area contributed by atoms with E-state index in [-0.39, 0.29) is 47.8 Å². The molecule has 0 aromatic heterocycles. The van der Waals surface area contributed by atoms with E-state index in [4.69, 9.17) is 18.9 Å². The summed E-state index contributed by atoms with van der Waals surface area (Å²) in [5.41, 5.74) is -3.65. The molecule has 0 radical (unpaired) electrons. The molecule has 1 spiro atoms. The van der Waals surface area contributed by atoms with Crippen molar-refractivity contribution in [1.29, 1.82) is 0 Å². The number of ether oxygens (including phenoxy) is 4. The summed E-state index contributed by atoms with van der Waals surface area (Å²) in [5.74, 6) is -1.64. The van der Waals surface area contributed by atoms with Crippen LogP contribution in [0.4, 0.5) is 5.69 Å². The number of hydrogen-bond acceptors (Lipinski definition) is 9. The van der Waals surface area contributed by atoms with E-state index in [1.807, 2.05) is 0 Å². The first-order valence-corrected chi connectivity index (χ1v) is 16.1. The Bertz CT molecular complexity index is 1370. The lowest BCUT2D eigenvalue weighted by atomic mass is 9.44. The molecule has 3 N–H and O–H groups in total. The summed E-state index contributed by atoms with van der Waals surface area (Å²) in [6.45, 7) is 5.12. The summed E-state index contributed by atoms with van der Waals surface area (Å²) in [7, 11) is 5.05. The van der Waals surface area contributed by atoms with Gasteiger partial charge < -0.3 is 34.5 Å². The highest BCUT2D eigenvalue weighted by Crippen LogP contribution is 2.79. The van der Waals surface area contributed by atoms with Gasteiger partial charge in [-0.1, -0.05) is 25.1 Å². The molecule has 1 saturated heterocycles. The Balaban J connectivity index is 1.35. The molecule has 5 saturated carbocycles. The number of carbonyl (C=O) groups excluding carboxylic acids is 2. The smallest absolute Gasteiger partial charge is 0.340 e. The number of amides is 1. The van der Waals surface area contributed by atoms with Crippen LogP contribution in [0.5, 0.6) is 0 Å². The molecule has 1 aromatic carbocycles. The molecule has 1 amide bonds. The van der Waals surface area contributed by atoms with Crippen molar-refractivity contribution in [3.63, 3.8) is 0 Å². The zero-order valence-corrected chi connectivity index (χ0v) is 26.3.